The Labute approximate surface area is 195 Å². The Morgan fingerprint density at radius 3 is 2.53 bits per heavy atom. The van der Waals surface area contributed by atoms with Gasteiger partial charge in [0.25, 0.3) is 0 Å². The molecule has 0 fully saturated rings. The number of halogens is 1. The van der Waals surface area contributed by atoms with Gasteiger partial charge in [-0.05, 0) is 38.5 Å². The summed E-state index contributed by atoms with van der Waals surface area (Å²) < 4.78 is 2.04. The number of hydrogen-bond acceptors (Lipinski definition) is 4. The molecule has 0 radical (unpaired) electrons. The number of aromatic nitrogens is 3. The van der Waals surface area contributed by atoms with Crippen molar-refractivity contribution in [3.05, 3.63) is 42.0 Å². The molecule has 0 spiro atoms. The van der Waals surface area contributed by atoms with Crippen LogP contribution in [-0.4, -0.2) is 45.9 Å². The maximum Gasteiger partial charge on any atom is 0.319 e. The van der Waals surface area contributed by atoms with Gasteiger partial charge < -0.3 is 25.8 Å². The molecule has 0 aliphatic rings. The van der Waals surface area contributed by atoms with Crippen molar-refractivity contribution in [1.29, 1.82) is 0 Å². The van der Waals surface area contributed by atoms with E-state index in [1.165, 1.54) is 0 Å². The number of carbonyl (C=O) groups excluding carboxylic acids is 1. The molecule has 0 bridgehead atoms. The van der Waals surface area contributed by atoms with E-state index in [9.17, 15) is 4.79 Å². The Bertz CT molecular complexity index is 788. The van der Waals surface area contributed by atoms with Crippen LogP contribution in [0, 0.1) is 0 Å². The quantitative estimate of drug-likeness (QED) is 0.228. The number of carbonyl (C=O) groups is 1. The molecule has 2 rings (SSSR count). The highest BCUT2D eigenvalue weighted by Gasteiger charge is 2.04. The van der Waals surface area contributed by atoms with E-state index in [2.05, 4.69) is 43.4 Å². The van der Waals surface area contributed by atoms with Gasteiger partial charge in [-0.2, -0.15) is 0 Å². The molecular weight excluding hydrogens is 495 g/mol. The number of nitrogens with one attached hydrogen (secondary N) is 4. The summed E-state index contributed by atoms with van der Waals surface area (Å²) in [4.78, 5) is 16.4. The Morgan fingerprint density at radius 1 is 1.17 bits per heavy atom. The lowest BCUT2D eigenvalue weighted by atomic mass is 10.2. The Balaban J connectivity index is 0.00000450. The van der Waals surface area contributed by atoms with Crippen LogP contribution >= 0.6 is 24.0 Å². The summed E-state index contributed by atoms with van der Waals surface area (Å²) in [6.07, 6.45) is 2.61. The molecule has 30 heavy (non-hydrogen) atoms. The van der Waals surface area contributed by atoms with E-state index in [1.807, 2.05) is 49.6 Å². The molecule has 2 amide bonds. The number of amides is 2. The maximum atomic E-state index is 11.8. The molecule has 9 nitrogen and oxygen atoms in total. The fraction of sp³-hybridized carbons (Fsp3) is 0.500. The summed E-state index contributed by atoms with van der Waals surface area (Å²) in [5, 5.41) is 20.2. The number of benzene rings is 1. The fourth-order valence-corrected chi connectivity index (χ4v) is 2.67. The highest BCUT2D eigenvalue weighted by molar-refractivity contribution is 14.0. The summed E-state index contributed by atoms with van der Waals surface area (Å²) in [5.41, 5.74) is 1.81. The van der Waals surface area contributed by atoms with E-state index < -0.39 is 0 Å². The molecule has 0 unspecified atom stereocenters. The van der Waals surface area contributed by atoms with E-state index >= 15 is 0 Å². The van der Waals surface area contributed by atoms with Crippen LogP contribution in [0.25, 0.3) is 0 Å². The third-order valence-corrected chi connectivity index (χ3v) is 4.05. The topological polar surface area (TPSA) is 108 Å². The molecule has 1 heterocycles. The van der Waals surface area contributed by atoms with Crippen molar-refractivity contribution < 1.29 is 4.79 Å². The van der Waals surface area contributed by atoms with E-state index in [0.717, 1.165) is 49.1 Å². The van der Waals surface area contributed by atoms with Crippen LogP contribution in [-0.2, 0) is 19.5 Å². The minimum absolute atomic E-state index is 0. The first-order valence-electron chi connectivity index (χ1n) is 10.1. The number of anilines is 1. The predicted molar refractivity (Wildman–Crippen MR) is 131 cm³/mol. The Hall–Kier alpha value is -2.37. The minimum atomic E-state index is -0.205. The van der Waals surface area contributed by atoms with Crippen molar-refractivity contribution in [3.8, 4) is 0 Å². The normalized spacial score (nSPS) is 11.0. The van der Waals surface area contributed by atoms with Crippen LogP contribution in [0.15, 0.2) is 35.6 Å². The molecule has 166 valence electrons. The van der Waals surface area contributed by atoms with Crippen LogP contribution in [0.5, 0.6) is 0 Å². The SMILES string of the molecule is CCNC(=NCc1ccc(NC(=O)NC(C)C)cc1)NCCn1cnnc1CC.I. The lowest BCUT2D eigenvalue weighted by molar-refractivity contribution is 0.250. The van der Waals surface area contributed by atoms with Crippen molar-refractivity contribution in [2.75, 3.05) is 18.4 Å². The zero-order valence-corrected chi connectivity index (χ0v) is 20.4. The van der Waals surface area contributed by atoms with Gasteiger partial charge >= 0.3 is 6.03 Å². The molecule has 0 aliphatic carbocycles. The zero-order chi connectivity index (χ0) is 21.1. The van der Waals surface area contributed by atoms with Gasteiger partial charge in [0.1, 0.15) is 12.2 Å². The summed E-state index contributed by atoms with van der Waals surface area (Å²) in [6.45, 7) is 10.8. The zero-order valence-electron chi connectivity index (χ0n) is 18.1. The first-order valence-corrected chi connectivity index (χ1v) is 10.1. The third-order valence-electron chi connectivity index (χ3n) is 4.05. The Kier molecular flexibility index (Phi) is 11.8. The third kappa shape index (κ3) is 8.97. The maximum absolute atomic E-state index is 11.8. The standard InChI is InChI=1S/C20H32N8O.HI/c1-5-18-27-24-14-28(18)12-11-22-19(21-6-2)23-13-16-7-9-17(10-8-16)26-20(29)25-15(3)4;/h7-10,14-15H,5-6,11-13H2,1-4H3,(H2,21,22,23)(H2,25,26,29);1H. The second kappa shape index (κ2) is 13.8. The number of aliphatic imine (C=N–C) groups is 1. The van der Waals surface area contributed by atoms with Crippen molar-refractivity contribution in [1.82, 2.24) is 30.7 Å². The van der Waals surface area contributed by atoms with E-state index in [-0.39, 0.29) is 36.0 Å². The fourth-order valence-electron chi connectivity index (χ4n) is 2.67. The molecule has 0 saturated carbocycles. The lowest BCUT2D eigenvalue weighted by Gasteiger charge is -2.12. The van der Waals surface area contributed by atoms with Crippen molar-refractivity contribution >= 4 is 41.7 Å². The molecule has 0 aliphatic heterocycles. The van der Waals surface area contributed by atoms with Crippen LogP contribution in [0.3, 0.4) is 0 Å². The van der Waals surface area contributed by atoms with Gasteiger partial charge in [0.05, 0.1) is 6.54 Å². The van der Waals surface area contributed by atoms with Crippen molar-refractivity contribution in [2.45, 2.75) is 53.2 Å². The van der Waals surface area contributed by atoms with Crippen molar-refractivity contribution in [3.63, 3.8) is 0 Å². The molecule has 1 aromatic carbocycles. The monoisotopic (exact) mass is 528 g/mol. The van der Waals surface area contributed by atoms with E-state index in [4.69, 9.17) is 0 Å². The number of aryl methyl sites for hydroxylation is 1. The van der Waals surface area contributed by atoms with Crippen LogP contribution < -0.4 is 21.3 Å². The summed E-state index contributed by atoms with van der Waals surface area (Å²) in [7, 11) is 0. The average Bonchev–Trinajstić information content (AvgIpc) is 3.14. The summed E-state index contributed by atoms with van der Waals surface area (Å²) >= 11 is 0. The van der Waals surface area contributed by atoms with Gasteiger partial charge in [0.15, 0.2) is 5.96 Å². The average molecular weight is 528 g/mol. The number of hydrogen-bond donors (Lipinski definition) is 4. The number of nitrogens with zero attached hydrogens (tertiary/aromatic N) is 4. The van der Waals surface area contributed by atoms with Crippen LogP contribution in [0.2, 0.25) is 0 Å². The molecule has 1 aromatic heterocycles. The molecule has 4 N–H and O–H groups in total. The van der Waals surface area contributed by atoms with E-state index in [1.54, 1.807) is 6.33 Å². The molecule has 0 saturated heterocycles. The number of urea groups is 1. The summed E-state index contributed by atoms with van der Waals surface area (Å²) in [5.74, 6) is 1.74. The molecule has 10 heteroatoms. The second-order valence-corrected chi connectivity index (χ2v) is 6.87. The van der Waals surface area contributed by atoms with Gasteiger partial charge in [0.2, 0.25) is 0 Å². The van der Waals surface area contributed by atoms with Gasteiger partial charge in [-0.25, -0.2) is 9.79 Å². The minimum Gasteiger partial charge on any atom is -0.357 e. The van der Waals surface area contributed by atoms with Gasteiger partial charge in [-0.15, -0.1) is 34.2 Å². The highest BCUT2D eigenvalue weighted by atomic mass is 127. The van der Waals surface area contributed by atoms with Gasteiger partial charge in [-0.1, -0.05) is 19.1 Å². The van der Waals surface area contributed by atoms with Crippen LogP contribution in [0.1, 0.15) is 39.1 Å². The molecule has 2 aromatic rings. The molecule has 0 atom stereocenters. The predicted octanol–water partition coefficient (Wildman–Crippen LogP) is 2.74. The number of guanidine groups is 1. The van der Waals surface area contributed by atoms with Crippen LogP contribution in [0.4, 0.5) is 10.5 Å². The number of rotatable bonds is 9. The largest absolute Gasteiger partial charge is 0.357 e. The smallest absolute Gasteiger partial charge is 0.319 e. The van der Waals surface area contributed by atoms with E-state index in [0.29, 0.717) is 6.54 Å². The molecular formula is C20H33IN8O. The first-order chi connectivity index (χ1) is 14.0. The van der Waals surface area contributed by atoms with Gasteiger partial charge in [-0.3, -0.25) is 0 Å². The second-order valence-electron chi connectivity index (χ2n) is 6.87. The highest BCUT2D eigenvalue weighted by Crippen LogP contribution is 2.10. The lowest BCUT2D eigenvalue weighted by Crippen LogP contribution is -2.38. The first kappa shape index (κ1) is 25.7. The van der Waals surface area contributed by atoms with Gasteiger partial charge in [0, 0.05) is 37.8 Å². The van der Waals surface area contributed by atoms with Crippen molar-refractivity contribution in [2.24, 2.45) is 4.99 Å². The summed E-state index contributed by atoms with van der Waals surface area (Å²) in [6, 6.07) is 7.57. The Morgan fingerprint density at radius 2 is 1.90 bits per heavy atom.